The fourth-order valence-electron chi connectivity index (χ4n) is 14.6. The first-order chi connectivity index (χ1) is 55.7. The number of thioether (sulfide) groups is 3. The van der Waals surface area contributed by atoms with Gasteiger partial charge >= 0.3 is 5.97 Å². The summed E-state index contributed by atoms with van der Waals surface area (Å²) in [6.45, 7) is 5.99. The molecule has 0 radical (unpaired) electrons. The van der Waals surface area contributed by atoms with Gasteiger partial charge in [0, 0.05) is 135 Å². The quantitative estimate of drug-likeness (QED) is 0.0298. The molecule has 117 heavy (non-hydrogen) atoms. The number of guanidine groups is 1. The predicted molar refractivity (Wildman–Crippen MR) is 443 cm³/mol. The maximum atomic E-state index is 15.5. The van der Waals surface area contributed by atoms with Crippen LogP contribution in [0.2, 0.25) is 0 Å². The highest BCUT2D eigenvalue weighted by Crippen LogP contribution is 2.32. The molecule has 13 unspecified atom stereocenters. The van der Waals surface area contributed by atoms with E-state index in [1.165, 1.54) is 71.8 Å². The van der Waals surface area contributed by atoms with Crippen molar-refractivity contribution in [3.05, 3.63) is 119 Å². The molecule has 1 saturated heterocycles. The van der Waals surface area contributed by atoms with E-state index in [1.54, 1.807) is 63.2 Å². The Bertz CT molecular complexity index is 4150. The molecule has 3 aliphatic rings. The van der Waals surface area contributed by atoms with Gasteiger partial charge < -0.3 is 79.5 Å². The lowest BCUT2D eigenvalue weighted by atomic mass is 9.85. The monoisotopic (exact) mass is 1680 g/mol. The van der Waals surface area contributed by atoms with Gasteiger partial charge in [-0.05, 0) is 124 Å². The van der Waals surface area contributed by atoms with Crippen LogP contribution in [0.1, 0.15) is 164 Å². The minimum absolute atomic E-state index is 0.00701. The number of Topliss-reactive ketones (excluding diaryl/α,β-unsaturated/α-hetero) is 6. The number of nitrogens with two attached hydrogens (primary N) is 4. The van der Waals surface area contributed by atoms with Crippen molar-refractivity contribution in [2.24, 2.45) is 75.3 Å². The number of aromatic amines is 1. The number of aliphatic hydroxyl groups is 1. The number of carbonyl (C=O) groups excluding carboxylic acids is 14. The van der Waals surface area contributed by atoms with E-state index in [-0.39, 0.29) is 142 Å². The summed E-state index contributed by atoms with van der Waals surface area (Å²) in [5.41, 5.74) is 26.8. The average molecular weight is 1680 g/mol. The second kappa shape index (κ2) is 47.6. The van der Waals surface area contributed by atoms with Crippen molar-refractivity contribution in [3.63, 3.8) is 0 Å². The van der Waals surface area contributed by atoms with Crippen LogP contribution in [-0.2, 0) is 108 Å². The molecule has 636 valence electrons. The third-order valence-corrected chi connectivity index (χ3v) is 24.6. The first-order valence-electron chi connectivity index (χ1n) is 39.8. The molecule has 13 atom stereocenters. The zero-order valence-electron chi connectivity index (χ0n) is 66.8. The number of hydrogen-bond donors (Lipinski definition) is 13. The van der Waals surface area contributed by atoms with E-state index in [0.717, 1.165) is 16.7 Å². The van der Waals surface area contributed by atoms with Gasteiger partial charge in [0.25, 0.3) is 0 Å². The fraction of sp³-hybridized carbons (Fsp3) is 0.554. The van der Waals surface area contributed by atoms with Crippen LogP contribution in [0.3, 0.4) is 0 Å². The SMILES string of the molecule is CC(=O)CC1CSCc2cc3cc(c2)CSCC(CC(=O)C(CCCCN=C(N)N)NC(=O)C(Cc2ccc(O)cc2)CC(=O)C2CCN2C(=O)C(Cc2ccccc2)CC(=O)C(CO)NC1=O)C(=O)NC(C)CCC(Cc1cnc[nH]1)C(=O)NC(CCC(N)=O)C(=O)CC(CC(=O)O)C(=O)NC(CC(C)C)C(=O)CC(C(N)=O)CSC3. The van der Waals surface area contributed by atoms with E-state index in [0.29, 0.717) is 23.2 Å². The molecule has 0 spiro atoms. The van der Waals surface area contributed by atoms with Crippen molar-refractivity contribution in [1.29, 1.82) is 0 Å². The highest BCUT2D eigenvalue weighted by Gasteiger charge is 2.44. The fourth-order valence-corrected chi connectivity index (χ4v) is 17.8. The number of primary amides is 2. The number of nitrogens with zero attached hydrogens (tertiary/aromatic N) is 3. The molecule has 0 aliphatic carbocycles. The van der Waals surface area contributed by atoms with Crippen molar-refractivity contribution in [2.45, 2.75) is 203 Å². The van der Waals surface area contributed by atoms with E-state index in [4.69, 9.17) is 22.9 Å². The Hall–Kier alpha value is -9.80. The summed E-state index contributed by atoms with van der Waals surface area (Å²) >= 11 is 3.87. The standard InChI is InChI=1S/C83H113N13O18S3/c1-47(2)24-66-71(102)35-59(76(85)108)43-115-40-52-26-53-28-54(27-52)42-117-45-61(80(112)91-48(3)13-16-55(31-62-38-88-46-90-62)77(109)93-65(19-20-74(84)105)69(100)32-57(37-75(106)107)79(111)94-66)36-70(101)64(12-8-9-22-89-83(86)87)92-78(110)56(29-51-14-17-63(99)18-15-51)33-73(104)68-21-23-96(68)82(114)58(30-50-10-6-5-7-11-50)34-72(103)67(39-97)95-81(113)60(25-49(4)98)44-116-41-53/h5-7,10-11,14-15,17-18,26-28,38,46-48,55-61,64-68,97,99H,8-9,12-13,16,19-25,29-37,39-45H2,1-4H3,(H2,84,105)(H2,85,108)(H,88,90)(H,91,112)(H,92,110)(H,93,109)(H,94,111)(H,95,113)(H,106,107)(H4,86,87,89). The molecule has 17 N–H and O–H groups in total. The maximum absolute atomic E-state index is 15.5. The van der Waals surface area contributed by atoms with Gasteiger partial charge in [0.15, 0.2) is 34.9 Å². The van der Waals surface area contributed by atoms with Crippen LogP contribution >= 0.6 is 35.3 Å². The number of ketones is 6. The number of aromatic nitrogens is 2. The molecular weight excluding hydrogens is 1560 g/mol. The summed E-state index contributed by atoms with van der Waals surface area (Å²) in [5, 5.41) is 45.4. The summed E-state index contributed by atoms with van der Waals surface area (Å²) < 4.78 is 0. The minimum Gasteiger partial charge on any atom is -0.508 e. The third-order valence-electron chi connectivity index (χ3n) is 21.0. The Balaban J connectivity index is 1.34. The van der Waals surface area contributed by atoms with Gasteiger partial charge in [-0.2, -0.15) is 35.3 Å². The van der Waals surface area contributed by atoms with Gasteiger partial charge in [-0.25, -0.2) is 4.98 Å². The lowest BCUT2D eigenvalue weighted by Gasteiger charge is -2.42. The van der Waals surface area contributed by atoms with Gasteiger partial charge in [-0.1, -0.05) is 74.5 Å². The number of carboxylic acids is 1. The van der Waals surface area contributed by atoms with Crippen molar-refractivity contribution in [3.8, 4) is 5.75 Å². The van der Waals surface area contributed by atoms with E-state index < -0.39 is 211 Å². The summed E-state index contributed by atoms with van der Waals surface area (Å²) in [5.74, 6) is -18.9. The average Bonchev–Trinajstić information content (AvgIpc) is 0.822. The number of aromatic hydroxyl groups is 1. The van der Waals surface area contributed by atoms with Gasteiger partial charge in [0.1, 0.15) is 17.6 Å². The van der Waals surface area contributed by atoms with Crippen molar-refractivity contribution in [2.75, 3.05) is 37.0 Å². The first-order valence-corrected chi connectivity index (χ1v) is 43.2. The molecule has 7 rings (SSSR count). The molecule has 3 aliphatic heterocycles. The van der Waals surface area contributed by atoms with Crippen molar-refractivity contribution >= 4 is 129 Å². The smallest absolute Gasteiger partial charge is 0.304 e. The van der Waals surface area contributed by atoms with Gasteiger partial charge in [0.2, 0.25) is 47.3 Å². The highest BCUT2D eigenvalue weighted by molar-refractivity contribution is 7.99. The van der Waals surface area contributed by atoms with Crippen LogP contribution in [0.5, 0.6) is 5.75 Å². The van der Waals surface area contributed by atoms with Crippen LogP contribution in [0, 0.1) is 47.3 Å². The topological polar surface area (TPSA) is 525 Å². The van der Waals surface area contributed by atoms with E-state index in [1.807, 2.05) is 18.2 Å². The molecule has 31 nitrogen and oxygen atoms in total. The Morgan fingerprint density at radius 2 is 1.14 bits per heavy atom. The third kappa shape index (κ3) is 31.9. The molecular formula is C83H113N13O18S3. The number of imidazole rings is 1. The number of fused-ring (bicyclic) bond motifs is 6. The maximum Gasteiger partial charge on any atom is 0.304 e. The number of nitrogens with one attached hydrogen (secondary N) is 6. The number of phenols is 1. The van der Waals surface area contributed by atoms with Crippen LogP contribution in [0.15, 0.2) is 90.3 Å². The van der Waals surface area contributed by atoms with Crippen LogP contribution in [-0.4, -0.2) is 197 Å². The second-order valence-electron chi connectivity index (χ2n) is 31.4. The molecule has 1 aromatic heterocycles. The van der Waals surface area contributed by atoms with Gasteiger partial charge in [-0.3, -0.25) is 72.1 Å². The van der Waals surface area contributed by atoms with E-state index in [2.05, 4.69) is 41.5 Å². The van der Waals surface area contributed by atoms with Crippen LogP contribution < -0.4 is 49.5 Å². The number of aliphatic imine (C=N–C) groups is 1. The number of amides is 8. The number of aliphatic carboxylic acids is 1. The van der Waals surface area contributed by atoms with E-state index >= 15 is 19.2 Å². The number of benzene rings is 3. The molecule has 1 fully saturated rings. The molecule has 4 aromatic rings. The lowest BCUT2D eigenvalue weighted by molar-refractivity contribution is -0.151. The number of H-pyrrole nitrogens is 1. The Morgan fingerprint density at radius 3 is 1.73 bits per heavy atom. The van der Waals surface area contributed by atoms with E-state index in [9.17, 15) is 68.1 Å². The minimum atomic E-state index is -1.61. The van der Waals surface area contributed by atoms with Crippen LogP contribution in [0.25, 0.3) is 0 Å². The molecule has 0 saturated carbocycles. The summed E-state index contributed by atoms with van der Waals surface area (Å²) in [4.78, 5) is 227. The normalized spacial score (nSPS) is 25.1. The zero-order valence-corrected chi connectivity index (χ0v) is 69.3. The van der Waals surface area contributed by atoms with Crippen molar-refractivity contribution in [1.82, 2.24) is 41.5 Å². The molecule has 4 bridgehead atoms. The van der Waals surface area contributed by atoms with Gasteiger partial charge in [0.05, 0.1) is 67.2 Å². The molecule has 4 heterocycles. The zero-order chi connectivity index (χ0) is 85.4. The number of unbranched alkanes of at least 4 members (excludes halogenated alkanes) is 1. The largest absolute Gasteiger partial charge is 0.508 e. The number of rotatable bonds is 22. The Kier molecular flexibility index (Phi) is 38.4. The van der Waals surface area contributed by atoms with Crippen molar-refractivity contribution < 1.29 is 87.2 Å². The second-order valence-corrected chi connectivity index (χ2v) is 34.5. The summed E-state index contributed by atoms with van der Waals surface area (Å²) in [6.07, 6.45) is -0.675. The summed E-state index contributed by atoms with van der Waals surface area (Å²) in [6, 6.07) is 13.2. The number of hydrogen-bond acceptors (Lipinski definition) is 22. The number of phenolic OH excluding ortho intramolecular Hbond substituents is 1. The first kappa shape index (κ1) is 94.4. The number of carboxylic acid groups (broad SMARTS) is 1. The summed E-state index contributed by atoms with van der Waals surface area (Å²) in [7, 11) is 0. The van der Waals surface area contributed by atoms with Gasteiger partial charge in [-0.15, -0.1) is 0 Å². The predicted octanol–water partition coefficient (Wildman–Crippen LogP) is 4.19. The Morgan fingerprint density at radius 1 is 0.581 bits per heavy atom. The molecule has 3 aromatic carbocycles. The lowest BCUT2D eigenvalue weighted by Crippen LogP contribution is -2.58. The highest BCUT2D eigenvalue weighted by atomic mass is 32.2. The van der Waals surface area contributed by atoms with Crippen LogP contribution in [0.4, 0.5) is 0 Å². The molecule has 8 amide bonds. The molecule has 34 heteroatoms. The Labute approximate surface area is 694 Å². The number of aliphatic hydroxyl groups excluding tert-OH is 1. The number of carbonyl (C=O) groups is 15.